The molecule has 6 nitrogen and oxygen atoms in total. The summed E-state index contributed by atoms with van der Waals surface area (Å²) in [6.45, 7) is 7.43. The zero-order valence-electron chi connectivity index (χ0n) is 15.3. The first kappa shape index (κ1) is 19.2. The van der Waals surface area contributed by atoms with Gasteiger partial charge in [-0.25, -0.2) is 4.79 Å². The Labute approximate surface area is 149 Å². The first-order valence-corrected chi connectivity index (χ1v) is 8.88. The summed E-state index contributed by atoms with van der Waals surface area (Å²) in [5.41, 5.74) is 6.59. The van der Waals surface area contributed by atoms with Crippen LogP contribution in [0.15, 0.2) is 30.3 Å². The second kappa shape index (κ2) is 8.85. The van der Waals surface area contributed by atoms with E-state index in [-0.39, 0.29) is 18.7 Å². The van der Waals surface area contributed by atoms with E-state index in [4.69, 9.17) is 10.5 Å². The molecule has 6 heteroatoms. The Bertz CT molecular complexity index is 577. The third-order valence-corrected chi connectivity index (χ3v) is 4.66. The van der Waals surface area contributed by atoms with Crippen molar-refractivity contribution in [3.8, 4) is 0 Å². The van der Waals surface area contributed by atoms with Gasteiger partial charge in [0.1, 0.15) is 0 Å². The summed E-state index contributed by atoms with van der Waals surface area (Å²) in [4.78, 5) is 25.5. The summed E-state index contributed by atoms with van der Waals surface area (Å²) in [6, 6.07) is 10.1. The van der Waals surface area contributed by atoms with Crippen molar-refractivity contribution in [2.24, 2.45) is 17.6 Å². The van der Waals surface area contributed by atoms with Crippen LogP contribution >= 0.6 is 0 Å². The molecule has 3 N–H and O–H groups in total. The van der Waals surface area contributed by atoms with Crippen LogP contribution in [0.1, 0.15) is 26.3 Å². The maximum Gasteiger partial charge on any atom is 0.317 e. The summed E-state index contributed by atoms with van der Waals surface area (Å²) in [6.07, 6.45) is -0.0238. The highest BCUT2D eigenvalue weighted by molar-refractivity contribution is 5.81. The molecule has 0 saturated carbocycles. The molecule has 3 atom stereocenters. The fraction of sp³-hybridized carbons (Fsp3) is 0.579. The third-order valence-electron chi connectivity index (χ3n) is 4.66. The second-order valence-electron chi connectivity index (χ2n) is 7.12. The number of ether oxygens (including phenoxy) is 1. The molecular weight excluding hydrogens is 318 g/mol. The topological polar surface area (TPSA) is 84.7 Å². The first-order chi connectivity index (χ1) is 11.9. The van der Waals surface area contributed by atoms with Gasteiger partial charge in [-0.15, -0.1) is 0 Å². The predicted octanol–water partition coefficient (Wildman–Crippen LogP) is 1.79. The van der Waals surface area contributed by atoms with E-state index in [0.717, 1.165) is 6.42 Å². The number of nitrogens with one attached hydrogen (secondary N) is 1. The molecule has 0 aliphatic carbocycles. The number of rotatable bonds is 6. The monoisotopic (exact) mass is 347 g/mol. The van der Waals surface area contributed by atoms with E-state index in [0.29, 0.717) is 24.9 Å². The highest BCUT2D eigenvalue weighted by atomic mass is 16.5. The maximum absolute atomic E-state index is 12.5. The van der Waals surface area contributed by atoms with E-state index in [2.05, 4.69) is 31.3 Å². The summed E-state index contributed by atoms with van der Waals surface area (Å²) >= 11 is 0. The average molecular weight is 347 g/mol. The van der Waals surface area contributed by atoms with Gasteiger partial charge in [0.2, 0.25) is 5.91 Å². The van der Waals surface area contributed by atoms with Gasteiger partial charge in [-0.05, 0) is 30.7 Å². The van der Waals surface area contributed by atoms with E-state index >= 15 is 0 Å². The third kappa shape index (κ3) is 5.74. The lowest BCUT2D eigenvalue weighted by molar-refractivity contribution is -0.139. The molecule has 138 valence electrons. The van der Waals surface area contributed by atoms with Gasteiger partial charge in [-0.1, -0.05) is 44.2 Å². The molecule has 25 heavy (non-hydrogen) atoms. The number of urea groups is 1. The van der Waals surface area contributed by atoms with Gasteiger partial charge < -0.3 is 20.7 Å². The molecule has 1 aliphatic heterocycles. The second-order valence-corrected chi connectivity index (χ2v) is 7.12. The number of hydrogen-bond acceptors (Lipinski definition) is 3. The molecule has 1 heterocycles. The Morgan fingerprint density at radius 3 is 2.56 bits per heavy atom. The van der Waals surface area contributed by atoms with Gasteiger partial charge >= 0.3 is 6.03 Å². The lowest BCUT2D eigenvalue weighted by atomic mass is 9.89. The summed E-state index contributed by atoms with van der Waals surface area (Å²) in [5, 5.41) is 3.01. The Hall–Kier alpha value is -2.08. The minimum absolute atomic E-state index is 0.167. The molecule has 2 rings (SSSR count). The van der Waals surface area contributed by atoms with Crippen LogP contribution in [-0.2, 0) is 16.0 Å². The predicted molar refractivity (Wildman–Crippen MR) is 97.0 cm³/mol. The fourth-order valence-corrected chi connectivity index (χ4v) is 3.07. The smallest absolute Gasteiger partial charge is 0.317 e. The van der Waals surface area contributed by atoms with Crippen LogP contribution in [0.2, 0.25) is 0 Å². The number of benzene rings is 1. The lowest BCUT2D eigenvalue weighted by Crippen LogP contribution is -2.56. The number of carbonyl (C=O) groups is 2. The van der Waals surface area contributed by atoms with E-state index in [1.807, 2.05) is 25.1 Å². The SMILES string of the molecule is CC(C)[C@H](CNC(=O)N1C[C@@H](C)O[C@@H](C(N)=O)C1)Cc1ccccc1. The van der Waals surface area contributed by atoms with Crippen molar-refractivity contribution in [1.82, 2.24) is 10.2 Å². The van der Waals surface area contributed by atoms with Gasteiger partial charge in [0, 0.05) is 13.1 Å². The fourth-order valence-electron chi connectivity index (χ4n) is 3.07. The minimum atomic E-state index is -0.736. The van der Waals surface area contributed by atoms with Crippen molar-refractivity contribution in [2.75, 3.05) is 19.6 Å². The standard InChI is InChI=1S/C19H29N3O3/c1-13(2)16(9-15-7-5-4-6-8-15)10-21-19(24)22-11-14(3)25-17(12-22)18(20)23/h4-8,13-14,16-17H,9-12H2,1-3H3,(H2,20,23)(H,21,24)/t14-,16+,17-/m1/s1. The number of hydrogen-bond donors (Lipinski definition) is 2. The van der Waals surface area contributed by atoms with Gasteiger partial charge in [0.05, 0.1) is 12.6 Å². The van der Waals surface area contributed by atoms with Crippen LogP contribution < -0.4 is 11.1 Å². The summed E-state index contributed by atoms with van der Waals surface area (Å²) in [5.74, 6) is 0.257. The first-order valence-electron chi connectivity index (χ1n) is 8.88. The highest BCUT2D eigenvalue weighted by Crippen LogP contribution is 2.17. The molecule has 1 aliphatic rings. The number of carbonyl (C=O) groups excluding carboxylic acids is 2. The molecule has 0 bridgehead atoms. The molecule has 0 unspecified atom stereocenters. The van der Waals surface area contributed by atoms with Crippen molar-refractivity contribution < 1.29 is 14.3 Å². The van der Waals surface area contributed by atoms with Gasteiger partial charge in [-0.3, -0.25) is 4.79 Å². The Balaban J connectivity index is 1.91. The molecule has 0 spiro atoms. The highest BCUT2D eigenvalue weighted by Gasteiger charge is 2.31. The van der Waals surface area contributed by atoms with Crippen LogP contribution in [0.25, 0.3) is 0 Å². The summed E-state index contributed by atoms with van der Waals surface area (Å²) in [7, 11) is 0. The van der Waals surface area contributed by atoms with Crippen molar-refractivity contribution in [2.45, 2.75) is 39.4 Å². The molecule has 1 aromatic rings. The average Bonchev–Trinajstić information content (AvgIpc) is 2.58. The molecule has 1 fully saturated rings. The van der Waals surface area contributed by atoms with Crippen molar-refractivity contribution in [3.63, 3.8) is 0 Å². The number of primary amides is 1. The number of morpholine rings is 1. The normalized spacial score (nSPS) is 21.8. The van der Waals surface area contributed by atoms with Crippen LogP contribution in [0, 0.1) is 11.8 Å². The van der Waals surface area contributed by atoms with E-state index in [1.54, 1.807) is 4.90 Å². The molecular formula is C19H29N3O3. The zero-order chi connectivity index (χ0) is 18.4. The van der Waals surface area contributed by atoms with Crippen LogP contribution in [0.5, 0.6) is 0 Å². The van der Waals surface area contributed by atoms with E-state index < -0.39 is 12.0 Å². The van der Waals surface area contributed by atoms with Crippen molar-refractivity contribution in [3.05, 3.63) is 35.9 Å². The largest absolute Gasteiger partial charge is 0.367 e. The van der Waals surface area contributed by atoms with Crippen LogP contribution in [0.4, 0.5) is 4.79 Å². The minimum Gasteiger partial charge on any atom is -0.367 e. The Kier molecular flexibility index (Phi) is 6.82. The number of nitrogens with zero attached hydrogens (tertiary/aromatic N) is 1. The van der Waals surface area contributed by atoms with Crippen molar-refractivity contribution in [1.29, 1.82) is 0 Å². The van der Waals surface area contributed by atoms with Gasteiger partial charge in [-0.2, -0.15) is 0 Å². The van der Waals surface area contributed by atoms with Crippen LogP contribution in [0.3, 0.4) is 0 Å². The van der Waals surface area contributed by atoms with E-state index in [1.165, 1.54) is 5.56 Å². The number of nitrogens with two attached hydrogens (primary N) is 1. The zero-order valence-corrected chi connectivity index (χ0v) is 15.3. The molecule has 0 aromatic heterocycles. The molecule has 1 saturated heterocycles. The van der Waals surface area contributed by atoms with E-state index in [9.17, 15) is 9.59 Å². The van der Waals surface area contributed by atoms with Crippen molar-refractivity contribution >= 4 is 11.9 Å². The number of amides is 3. The van der Waals surface area contributed by atoms with Gasteiger partial charge in [0.25, 0.3) is 0 Å². The quantitative estimate of drug-likeness (QED) is 0.823. The van der Waals surface area contributed by atoms with Crippen LogP contribution in [-0.4, -0.2) is 48.7 Å². The summed E-state index contributed by atoms with van der Waals surface area (Å²) < 4.78 is 5.47. The lowest BCUT2D eigenvalue weighted by Gasteiger charge is -2.35. The molecule has 3 amide bonds. The molecule has 1 aromatic carbocycles. The molecule has 0 radical (unpaired) electrons. The van der Waals surface area contributed by atoms with Gasteiger partial charge in [0.15, 0.2) is 6.10 Å². The Morgan fingerprint density at radius 1 is 1.28 bits per heavy atom. The Morgan fingerprint density at radius 2 is 1.96 bits per heavy atom. The maximum atomic E-state index is 12.5.